The van der Waals surface area contributed by atoms with Crippen molar-refractivity contribution >= 4 is 17.4 Å². The van der Waals surface area contributed by atoms with Crippen molar-refractivity contribution in [3.63, 3.8) is 0 Å². The highest BCUT2D eigenvalue weighted by Crippen LogP contribution is 2.36. The van der Waals surface area contributed by atoms with Crippen LogP contribution in [0, 0.1) is 17.0 Å². The van der Waals surface area contributed by atoms with E-state index >= 15 is 0 Å². The van der Waals surface area contributed by atoms with Gasteiger partial charge in [0, 0.05) is 23.5 Å². The van der Waals surface area contributed by atoms with Crippen LogP contribution in [0.5, 0.6) is 0 Å². The van der Waals surface area contributed by atoms with Crippen molar-refractivity contribution in [2.24, 2.45) is 5.41 Å². The average molecular weight is 257 g/mol. The zero-order chi connectivity index (χ0) is 12.5. The Kier molecular flexibility index (Phi) is 3.61. The molecule has 0 aliphatic carbocycles. The molecule has 0 saturated carbocycles. The summed E-state index contributed by atoms with van der Waals surface area (Å²) in [4.78, 5) is 0. The number of anilines is 1. The van der Waals surface area contributed by atoms with E-state index in [9.17, 15) is 8.78 Å². The summed E-state index contributed by atoms with van der Waals surface area (Å²) in [5.41, 5.74) is 0.691. The zero-order valence-corrected chi connectivity index (χ0v) is 10.9. The number of hydrogen-bond acceptors (Lipinski definition) is 2. The lowest BCUT2D eigenvalue weighted by molar-refractivity contribution is 0.305. The molecule has 0 aromatic heterocycles. The number of hydrogen-bond donors (Lipinski definition) is 1. The largest absolute Gasteiger partial charge is 0.381 e. The first-order valence-corrected chi connectivity index (χ1v) is 6.93. The molecule has 0 bridgehead atoms. The van der Waals surface area contributed by atoms with Crippen LogP contribution in [-0.2, 0) is 0 Å². The molecule has 94 valence electrons. The summed E-state index contributed by atoms with van der Waals surface area (Å²) in [6, 6.07) is 3.84. The molecule has 1 heterocycles. The van der Waals surface area contributed by atoms with E-state index in [2.05, 4.69) is 19.2 Å². The lowest BCUT2D eigenvalue weighted by Gasteiger charge is -2.39. The number of nitrogens with one attached hydrogen (secondary N) is 1. The molecular formula is C13H17F2NS. The molecule has 1 fully saturated rings. The summed E-state index contributed by atoms with van der Waals surface area (Å²) in [7, 11) is 0. The molecule has 0 amide bonds. The van der Waals surface area contributed by atoms with Crippen molar-refractivity contribution < 1.29 is 8.78 Å². The minimum Gasteiger partial charge on any atom is -0.381 e. The Hall–Kier alpha value is -0.770. The summed E-state index contributed by atoms with van der Waals surface area (Å²) in [5, 5.41) is 3.25. The second-order valence-corrected chi connectivity index (χ2v) is 6.32. The van der Waals surface area contributed by atoms with Gasteiger partial charge in [0.05, 0.1) is 0 Å². The predicted octanol–water partition coefficient (Wildman–Crippen LogP) is 3.91. The highest BCUT2D eigenvalue weighted by molar-refractivity contribution is 7.99. The van der Waals surface area contributed by atoms with Crippen LogP contribution in [-0.4, -0.2) is 17.5 Å². The third kappa shape index (κ3) is 3.12. The van der Waals surface area contributed by atoms with Gasteiger partial charge in [-0.2, -0.15) is 11.8 Å². The maximum absolute atomic E-state index is 13.1. The number of rotatable bonds is 2. The Bertz CT molecular complexity index is 386. The molecule has 1 aliphatic heterocycles. The van der Waals surface area contributed by atoms with Gasteiger partial charge in [-0.1, -0.05) is 13.8 Å². The Labute approximate surface area is 105 Å². The van der Waals surface area contributed by atoms with Gasteiger partial charge >= 0.3 is 0 Å². The Morgan fingerprint density at radius 3 is 2.47 bits per heavy atom. The van der Waals surface area contributed by atoms with Crippen molar-refractivity contribution in [1.29, 1.82) is 0 Å². The first-order chi connectivity index (χ1) is 7.97. The van der Waals surface area contributed by atoms with Crippen LogP contribution in [0.25, 0.3) is 0 Å². The van der Waals surface area contributed by atoms with Gasteiger partial charge in [-0.3, -0.25) is 0 Å². The van der Waals surface area contributed by atoms with Crippen LogP contribution in [0.2, 0.25) is 0 Å². The molecule has 1 aromatic carbocycles. The van der Waals surface area contributed by atoms with E-state index in [1.165, 1.54) is 12.1 Å². The van der Waals surface area contributed by atoms with Crippen LogP contribution in [0.3, 0.4) is 0 Å². The van der Waals surface area contributed by atoms with Crippen LogP contribution >= 0.6 is 11.8 Å². The van der Waals surface area contributed by atoms with E-state index < -0.39 is 11.6 Å². The third-order valence-corrected chi connectivity index (χ3v) is 4.38. The smallest absolute Gasteiger partial charge is 0.128 e. The maximum atomic E-state index is 13.1. The quantitative estimate of drug-likeness (QED) is 0.862. The minimum atomic E-state index is -0.534. The van der Waals surface area contributed by atoms with Crippen molar-refractivity contribution in [2.75, 3.05) is 16.8 Å². The van der Waals surface area contributed by atoms with E-state index in [-0.39, 0.29) is 11.5 Å². The maximum Gasteiger partial charge on any atom is 0.128 e. The molecule has 17 heavy (non-hydrogen) atoms. The summed E-state index contributed by atoms with van der Waals surface area (Å²) >= 11 is 1.88. The molecule has 1 aromatic rings. The average Bonchev–Trinajstić information content (AvgIpc) is 2.19. The predicted molar refractivity (Wildman–Crippen MR) is 69.5 cm³/mol. The van der Waals surface area contributed by atoms with E-state index in [0.29, 0.717) is 5.69 Å². The number of halogens is 2. The van der Waals surface area contributed by atoms with Gasteiger partial charge in [0.25, 0.3) is 0 Å². The molecule has 2 rings (SSSR count). The molecule has 1 unspecified atom stereocenters. The Morgan fingerprint density at radius 1 is 1.24 bits per heavy atom. The zero-order valence-electron chi connectivity index (χ0n) is 10.1. The second-order valence-electron chi connectivity index (χ2n) is 5.17. The molecule has 0 radical (unpaired) electrons. The summed E-state index contributed by atoms with van der Waals surface area (Å²) < 4.78 is 26.2. The van der Waals surface area contributed by atoms with Gasteiger partial charge in [-0.25, -0.2) is 8.78 Å². The monoisotopic (exact) mass is 257 g/mol. The van der Waals surface area contributed by atoms with Crippen molar-refractivity contribution in [1.82, 2.24) is 0 Å². The summed E-state index contributed by atoms with van der Waals surface area (Å²) in [5.74, 6) is 1.07. The van der Waals surface area contributed by atoms with Crippen LogP contribution in [0.15, 0.2) is 18.2 Å². The van der Waals surface area contributed by atoms with Crippen LogP contribution in [0.4, 0.5) is 14.5 Å². The molecular weight excluding hydrogens is 240 g/mol. The standard InChI is InChI=1S/C13H17F2NS/c1-13(2)3-4-17-8-12(13)16-11-6-9(14)5-10(15)7-11/h5-7,12,16H,3-4,8H2,1-2H3. The van der Waals surface area contributed by atoms with Crippen LogP contribution in [0.1, 0.15) is 20.3 Å². The van der Waals surface area contributed by atoms with Gasteiger partial charge in [-0.15, -0.1) is 0 Å². The van der Waals surface area contributed by atoms with E-state index in [1.54, 1.807) is 0 Å². The Balaban J connectivity index is 2.14. The molecule has 1 atom stereocenters. The van der Waals surface area contributed by atoms with Gasteiger partial charge < -0.3 is 5.32 Å². The first-order valence-electron chi connectivity index (χ1n) is 5.78. The molecule has 1 saturated heterocycles. The summed E-state index contributed by atoms with van der Waals surface area (Å²) in [6.45, 7) is 4.39. The normalized spacial score (nSPS) is 23.4. The topological polar surface area (TPSA) is 12.0 Å². The fourth-order valence-corrected chi connectivity index (χ4v) is 3.62. The molecule has 4 heteroatoms. The van der Waals surface area contributed by atoms with Gasteiger partial charge in [0.15, 0.2) is 0 Å². The third-order valence-electron chi connectivity index (χ3n) is 3.32. The lowest BCUT2D eigenvalue weighted by Crippen LogP contribution is -2.41. The van der Waals surface area contributed by atoms with Crippen molar-refractivity contribution in [2.45, 2.75) is 26.3 Å². The van der Waals surface area contributed by atoms with Gasteiger partial charge in [0.2, 0.25) is 0 Å². The number of benzene rings is 1. The fraction of sp³-hybridized carbons (Fsp3) is 0.538. The van der Waals surface area contributed by atoms with E-state index in [4.69, 9.17) is 0 Å². The van der Waals surface area contributed by atoms with Gasteiger partial charge in [0.1, 0.15) is 11.6 Å². The molecule has 0 spiro atoms. The minimum absolute atomic E-state index is 0.161. The SMILES string of the molecule is CC1(C)CCSCC1Nc1cc(F)cc(F)c1. The molecule has 1 nitrogen and oxygen atoms in total. The Morgan fingerprint density at radius 2 is 1.88 bits per heavy atom. The second kappa shape index (κ2) is 4.84. The fourth-order valence-electron chi connectivity index (χ4n) is 2.01. The van der Waals surface area contributed by atoms with Gasteiger partial charge in [-0.05, 0) is 29.7 Å². The van der Waals surface area contributed by atoms with Crippen LogP contribution < -0.4 is 5.32 Å². The van der Waals surface area contributed by atoms with Crippen molar-refractivity contribution in [3.8, 4) is 0 Å². The summed E-state index contributed by atoms with van der Waals surface area (Å²) in [6.07, 6.45) is 1.12. The highest BCUT2D eigenvalue weighted by Gasteiger charge is 2.32. The van der Waals surface area contributed by atoms with E-state index in [0.717, 1.165) is 24.0 Å². The number of thioether (sulfide) groups is 1. The van der Waals surface area contributed by atoms with E-state index in [1.807, 2.05) is 11.8 Å². The highest BCUT2D eigenvalue weighted by atomic mass is 32.2. The first kappa shape index (κ1) is 12.7. The molecule has 1 aliphatic rings. The van der Waals surface area contributed by atoms with Crippen molar-refractivity contribution in [3.05, 3.63) is 29.8 Å². The molecule has 1 N–H and O–H groups in total. The lowest BCUT2D eigenvalue weighted by atomic mass is 9.82.